The highest BCUT2D eigenvalue weighted by Gasteiger charge is 2.10. The molecule has 0 fully saturated rings. The van der Waals surface area contributed by atoms with Crippen LogP contribution in [0.5, 0.6) is 0 Å². The Labute approximate surface area is 81.2 Å². The van der Waals surface area contributed by atoms with Crippen LogP contribution >= 0.6 is 0 Å². The molecule has 1 atom stereocenters. The van der Waals surface area contributed by atoms with Gasteiger partial charge in [0.1, 0.15) is 6.04 Å². The lowest BCUT2D eigenvalue weighted by Gasteiger charge is -2.08. The minimum Gasteiger partial charge on any atom is -0.394 e. The fraction of sp³-hybridized carbons (Fsp3) is 0.375. The molecule has 6 heteroatoms. The van der Waals surface area contributed by atoms with Gasteiger partial charge in [0.15, 0.2) is 0 Å². The van der Waals surface area contributed by atoms with E-state index in [9.17, 15) is 4.79 Å². The molecule has 0 aliphatic carbocycles. The highest BCUT2D eigenvalue weighted by molar-refractivity contribution is 5.81. The molecular formula is C8H12N4O2. The minimum atomic E-state index is -0.883. The molecule has 1 aromatic heterocycles. The third-order valence-electron chi connectivity index (χ3n) is 1.59. The first-order valence-corrected chi connectivity index (χ1v) is 4.13. The lowest BCUT2D eigenvalue weighted by atomic mass is 10.3. The standard InChI is InChI=1S/C8H12N4O2/c9-7(5-13)8(14)12-4-6-3-10-1-2-11-6/h1-3,7,13H,4-5,9H2,(H,12,14). The quantitative estimate of drug-likeness (QED) is 0.539. The smallest absolute Gasteiger partial charge is 0.239 e. The van der Waals surface area contributed by atoms with E-state index in [0.717, 1.165) is 0 Å². The summed E-state index contributed by atoms with van der Waals surface area (Å²) < 4.78 is 0. The number of aromatic nitrogens is 2. The van der Waals surface area contributed by atoms with Gasteiger partial charge in [-0.3, -0.25) is 14.8 Å². The molecule has 0 spiro atoms. The SMILES string of the molecule is NC(CO)C(=O)NCc1cnccn1. The largest absolute Gasteiger partial charge is 0.394 e. The van der Waals surface area contributed by atoms with Crippen molar-refractivity contribution >= 4 is 5.91 Å². The fourth-order valence-electron chi connectivity index (χ4n) is 0.813. The first-order chi connectivity index (χ1) is 6.74. The van der Waals surface area contributed by atoms with E-state index < -0.39 is 11.9 Å². The average Bonchev–Trinajstić information content (AvgIpc) is 2.26. The first-order valence-electron chi connectivity index (χ1n) is 4.13. The lowest BCUT2D eigenvalue weighted by molar-refractivity contribution is -0.123. The van der Waals surface area contributed by atoms with E-state index in [-0.39, 0.29) is 13.2 Å². The Bertz CT molecular complexity index is 291. The average molecular weight is 196 g/mol. The molecular weight excluding hydrogens is 184 g/mol. The van der Waals surface area contributed by atoms with Crippen LogP contribution in [0.3, 0.4) is 0 Å². The molecule has 0 aromatic carbocycles. The Morgan fingerprint density at radius 2 is 2.43 bits per heavy atom. The highest BCUT2D eigenvalue weighted by atomic mass is 16.3. The van der Waals surface area contributed by atoms with E-state index in [1.54, 1.807) is 12.4 Å². The summed E-state index contributed by atoms with van der Waals surface area (Å²) in [6.07, 6.45) is 4.63. The lowest BCUT2D eigenvalue weighted by Crippen LogP contribution is -2.42. The van der Waals surface area contributed by atoms with Crippen LogP contribution in [-0.4, -0.2) is 33.6 Å². The van der Waals surface area contributed by atoms with E-state index in [1.165, 1.54) is 6.20 Å². The Morgan fingerprint density at radius 1 is 1.64 bits per heavy atom. The van der Waals surface area contributed by atoms with Crippen LogP contribution in [0.4, 0.5) is 0 Å². The van der Waals surface area contributed by atoms with Crippen LogP contribution < -0.4 is 11.1 Å². The predicted octanol–water partition coefficient (Wildman–Crippen LogP) is -1.59. The first kappa shape index (κ1) is 10.6. The minimum absolute atomic E-state index is 0.264. The summed E-state index contributed by atoms with van der Waals surface area (Å²) in [5.41, 5.74) is 5.93. The number of hydrogen-bond acceptors (Lipinski definition) is 5. The van der Waals surface area contributed by atoms with Gasteiger partial charge in [0.2, 0.25) is 5.91 Å². The van der Waals surface area contributed by atoms with Crippen molar-refractivity contribution in [2.75, 3.05) is 6.61 Å². The van der Waals surface area contributed by atoms with Crippen molar-refractivity contribution in [3.63, 3.8) is 0 Å². The molecule has 1 aromatic rings. The molecule has 1 amide bonds. The summed E-state index contributed by atoms with van der Waals surface area (Å²) in [4.78, 5) is 18.9. The summed E-state index contributed by atoms with van der Waals surface area (Å²) in [5.74, 6) is -0.404. The van der Waals surface area contributed by atoms with Gasteiger partial charge in [0, 0.05) is 12.4 Å². The van der Waals surface area contributed by atoms with Gasteiger partial charge < -0.3 is 16.2 Å². The fourth-order valence-corrected chi connectivity index (χ4v) is 0.813. The van der Waals surface area contributed by atoms with Crippen molar-refractivity contribution in [3.05, 3.63) is 24.3 Å². The number of nitrogens with one attached hydrogen (secondary N) is 1. The van der Waals surface area contributed by atoms with Crippen molar-refractivity contribution in [2.45, 2.75) is 12.6 Å². The molecule has 6 nitrogen and oxygen atoms in total. The maximum Gasteiger partial charge on any atom is 0.239 e. The van der Waals surface area contributed by atoms with Gasteiger partial charge in [-0.1, -0.05) is 0 Å². The van der Waals surface area contributed by atoms with Gasteiger partial charge in [-0.05, 0) is 0 Å². The number of carbonyl (C=O) groups is 1. The van der Waals surface area contributed by atoms with E-state index in [2.05, 4.69) is 15.3 Å². The second-order valence-electron chi connectivity index (χ2n) is 2.70. The van der Waals surface area contributed by atoms with Gasteiger partial charge in [0.05, 0.1) is 25.0 Å². The molecule has 1 unspecified atom stereocenters. The molecule has 0 aliphatic rings. The van der Waals surface area contributed by atoms with Gasteiger partial charge in [0.25, 0.3) is 0 Å². The molecule has 0 saturated heterocycles. The van der Waals surface area contributed by atoms with E-state index in [4.69, 9.17) is 10.8 Å². The number of aliphatic hydroxyl groups is 1. The molecule has 14 heavy (non-hydrogen) atoms. The maximum absolute atomic E-state index is 11.1. The maximum atomic E-state index is 11.1. The van der Waals surface area contributed by atoms with Gasteiger partial charge in [-0.25, -0.2) is 0 Å². The normalized spacial score (nSPS) is 12.1. The van der Waals surface area contributed by atoms with Gasteiger partial charge >= 0.3 is 0 Å². The number of hydrogen-bond donors (Lipinski definition) is 3. The van der Waals surface area contributed by atoms with Crippen molar-refractivity contribution < 1.29 is 9.90 Å². The van der Waals surface area contributed by atoms with Crippen molar-refractivity contribution in [3.8, 4) is 0 Å². The summed E-state index contributed by atoms with van der Waals surface area (Å²) in [7, 11) is 0. The second kappa shape index (κ2) is 5.25. The summed E-state index contributed by atoms with van der Waals surface area (Å²) >= 11 is 0. The zero-order chi connectivity index (χ0) is 10.4. The zero-order valence-electron chi connectivity index (χ0n) is 7.55. The number of amides is 1. The number of carbonyl (C=O) groups excluding carboxylic acids is 1. The van der Waals surface area contributed by atoms with Crippen LogP contribution in [0.15, 0.2) is 18.6 Å². The van der Waals surface area contributed by atoms with Crippen molar-refractivity contribution in [1.82, 2.24) is 15.3 Å². The van der Waals surface area contributed by atoms with Crippen LogP contribution in [0.1, 0.15) is 5.69 Å². The van der Waals surface area contributed by atoms with Crippen LogP contribution in [0.2, 0.25) is 0 Å². The predicted molar refractivity (Wildman–Crippen MR) is 48.9 cm³/mol. The Morgan fingerprint density at radius 3 is 3.00 bits per heavy atom. The zero-order valence-corrected chi connectivity index (χ0v) is 7.55. The number of rotatable bonds is 4. The molecule has 0 bridgehead atoms. The Balaban J connectivity index is 2.38. The van der Waals surface area contributed by atoms with Gasteiger partial charge in [-0.15, -0.1) is 0 Å². The third kappa shape index (κ3) is 3.08. The number of nitrogens with zero attached hydrogens (tertiary/aromatic N) is 2. The van der Waals surface area contributed by atoms with Crippen molar-refractivity contribution in [1.29, 1.82) is 0 Å². The van der Waals surface area contributed by atoms with Crippen molar-refractivity contribution in [2.24, 2.45) is 5.73 Å². The Hall–Kier alpha value is -1.53. The molecule has 1 rings (SSSR count). The summed E-state index contributed by atoms with van der Waals surface area (Å²) in [5, 5.41) is 11.1. The Kier molecular flexibility index (Phi) is 3.96. The van der Waals surface area contributed by atoms with Crippen LogP contribution in [0.25, 0.3) is 0 Å². The monoisotopic (exact) mass is 196 g/mol. The van der Waals surface area contributed by atoms with Crippen LogP contribution in [-0.2, 0) is 11.3 Å². The summed E-state index contributed by atoms with van der Waals surface area (Å²) in [6.45, 7) is -0.104. The molecule has 4 N–H and O–H groups in total. The van der Waals surface area contributed by atoms with E-state index in [1.807, 2.05) is 0 Å². The topological polar surface area (TPSA) is 101 Å². The molecule has 0 saturated carbocycles. The van der Waals surface area contributed by atoms with Crippen LogP contribution in [0, 0.1) is 0 Å². The van der Waals surface area contributed by atoms with E-state index in [0.29, 0.717) is 5.69 Å². The molecule has 0 aliphatic heterocycles. The third-order valence-corrected chi connectivity index (χ3v) is 1.59. The van der Waals surface area contributed by atoms with E-state index >= 15 is 0 Å². The molecule has 76 valence electrons. The molecule has 0 radical (unpaired) electrons. The highest BCUT2D eigenvalue weighted by Crippen LogP contribution is 1.89. The number of nitrogens with two attached hydrogens (primary N) is 1. The molecule has 1 heterocycles. The number of aliphatic hydroxyl groups excluding tert-OH is 1. The summed E-state index contributed by atoms with van der Waals surface area (Å²) in [6, 6.07) is -0.883. The van der Waals surface area contributed by atoms with Gasteiger partial charge in [-0.2, -0.15) is 0 Å². The second-order valence-corrected chi connectivity index (χ2v) is 2.70.